The molecule has 1 heterocycles. The Hall–Kier alpha value is -0.840. The summed E-state index contributed by atoms with van der Waals surface area (Å²) in [5.41, 5.74) is 0.966. The van der Waals surface area contributed by atoms with Gasteiger partial charge in [0.2, 0.25) is 0 Å². The average molecular weight is 368 g/mol. The van der Waals surface area contributed by atoms with Crippen molar-refractivity contribution in [3.63, 3.8) is 0 Å². The fourth-order valence-electron chi connectivity index (χ4n) is 2.54. The first-order valence-electron chi connectivity index (χ1n) is 8.06. The number of hydrogen-bond donors (Lipinski definition) is 0. The van der Waals surface area contributed by atoms with E-state index in [4.69, 9.17) is 23.8 Å². The van der Waals surface area contributed by atoms with Crippen LogP contribution in [0.5, 0.6) is 0 Å². The molecule has 1 atom stereocenters. The molecule has 0 N–H and O–H groups in total. The van der Waals surface area contributed by atoms with Crippen molar-refractivity contribution >= 4 is 51.9 Å². The summed E-state index contributed by atoms with van der Waals surface area (Å²) >= 11 is 12.7. The van der Waals surface area contributed by atoms with Gasteiger partial charge >= 0.3 is 0 Å². The topological polar surface area (TPSA) is 20.3 Å². The fraction of sp³-hybridized carbons (Fsp3) is 0.444. The second-order valence-electron chi connectivity index (χ2n) is 5.76. The molecule has 124 valence electrons. The summed E-state index contributed by atoms with van der Waals surface area (Å²) in [6.07, 6.45) is 6.51. The molecule has 2 nitrogen and oxygen atoms in total. The second kappa shape index (κ2) is 8.86. The Morgan fingerprint density at radius 3 is 2.61 bits per heavy atom. The third kappa shape index (κ3) is 5.07. The average Bonchev–Trinajstić information content (AvgIpc) is 2.80. The monoisotopic (exact) mass is 367 g/mol. The smallest absolute Gasteiger partial charge is 0.266 e. The van der Waals surface area contributed by atoms with E-state index < -0.39 is 0 Å². The number of carbonyl (C=O) groups excluding carboxylic acids is 1. The number of rotatable bonds is 7. The van der Waals surface area contributed by atoms with E-state index in [1.807, 2.05) is 30.3 Å². The molecule has 5 heteroatoms. The summed E-state index contributed by atoms with van der Waals surface area (Å²) < 4.78 is 0.671. The maximum absolute atomic E-state index is 12.6. The van der Waals surface area contributed by atoms with E-state index in [0.29, 0.717) is 20.2 Å². The van der Waals surface area contributed by atoms with Crippen molar-refractivity contribution in [2.75, 3.05) is 6.54 Å². The zero-order valence-electron chi connectivity index (χ0n) is 13.5. The standard InChI is InChI=1S/C18H22ClNOS2/c1-3-5-6-13(4-2)12-20-17(21)16(23-18(20)22)11-14-7-9-15(19)10-8-14/h7-11,13H,3-6,12H2,1-2H3/b16-11-/t13-/m0/s1. The van der Waals surface area contributed by atoms with Crippen molar-refractivity contribution in [2.45, 2.75) is 39.5 Å². The van der Waals surface area contributed by atoms with E-state index in [2.05, 4.69) is 13.8 Å². The molecule has 0 unspecified atom stereocenters. The van der Waals surface area contributed by atoms with Crippen molar-refractivity contribution in [1.29, 1.82) is 0 Å². The lowest BCUT2D eigenvalue weighted by atomic mass is 9.99. The molecule has 23 heavy (non-hydrogen) atoms. The van der Waals surface area contributed by atoms with Crippen LogP contribution in [0, 0.1) is 5.92 Å². The highest BCUT2D eigenvalue weighted by molar-refractivity contribution is 8.26. The predicted octanol–water partition coefficient (Wildman–Crippen LogP) is 5.76. The molecule has 1 saturated heterocycles. The third-order valence-electron chi connectivity index (χ3n) is 4.03. The molecule has 1 aromatic rings. The Bertz CT molecular complexity index is 598. The van der Waals surface area contributed by atoms with E-state index >= 15 is 0 Å². The highest BCUT2D eigenvalue weighted by atomic mass is 35.5. The molecule has 0 aromatic heterocycles. The van der Waals surface area contributed by atoms with Gasteiger partial charge in [0.05, 0.1) is 4.91 Å². The van der Waals surface area contributed by atoms with Crippen LogP contribution in [0.1, 0.15) is 45.1 Å². The van der Waals surface area contributed by atoms with Crippen LogP contribution in [-0.2, 0) is 4.79 Å². The molecule has 1 fully saturated rings. The van der Waals surface area contributed by atoms with E-state index in [1.54, 1.807) is 4.90 Å². The van der Waals surface area contributed by atoms with Gasteiger partial charge in [-0.15, -0.1) is 0 Å². The molecule has 0 aliphatic carbocycles. The van der Waals surface area contributed by atoms with Crippen LogP contribution in [0.15, 0.2) is 29.2 Å². The largest absolute Gasteiger partial charge is 0.293 e. The highest BCUT2D eigenvalue weighted by Gasteiger charge is 2.33. The molecule has 0 bridgehead atoms. The van der Waals surface area contributed by atoms with Crippen LogP contribution in [0.25, 0.3) is 6.08 Å². The fourth-order valence-corrected chi connectivity index (χ4v) is 3.94. The Kier molecular flexibility index (Phi) is 7.12. The maximum Gasteiger partial charge on any atom is 0.266 e. The van der Waals surface area contributed by atoms with Gasteiger partial charge in [-0.2, -0.15) is 0 Å². The van der Waals surface area contributed by atoms with E-state index in [0.717, 1.165) is 24.9 Å². The Labute approximate surface area is 153 Å². The third-order valence-corrected chi connectivity index (χ3v) is 5.66. The molecule has 1 aliphatic rings. The zero-order valence-corrected chi connectivity index (χ0v) is 15.9. The van der Waals surface area contributed by atoms with Gasteiger partial charge < -0.3 is 0 Å². The minimum Gasteiger partial charge on any atom is -0.293 e. The van der Waals surface area contributed by atoms with Crippen LogP contribution in [0.4, 0.5) is 0 Å². The van der Waals surface area contributed by atoms with Crippen molar-refractivity contribution in [2.24, 2.45) is 5.92 Å². The van der Waals surface area contributed by atoms with Gasteiger partial charge in [-0.1, -0.05) is 80.8 Å². The molecule has 1 amide bonds. The number of thiocarbonyl (C=S) groups is 1. The van der Waals surface area contributed by atoms with Crippen LogP contribution < -0.4 is 0 Å². The first-order chi connectivity index (χ1) is 11.0. The molecular formula is C18H22ClNOS2. The van der Waals surface area contributed by atoms with E-state index in [-0.39, 0.29) is 5.91 Å². The summed E-state index contributed by atoms with van der Waals surface area (Å²) in [6, 6.07) is 7.47. The first-order valence-corrected chi connectivity index (χ1v) is 9.66. The Morgan fingerprint density at radius 2 is 2.00 bits per heavy atom. The SMILES string of the molecule is CCCC[C@H](CC)CN1C(=O)/C(=C/c2ccc(Cl)cc2)SC1=S. The summed E-state index contributed by atoms with van der Waals surface area (Å²) in [6.45, 7) is 5.11. The summed E-state index contributed by atoms with van der Waals surface area (Å²) in [5, 5.41) is 0.691. The Balaban J connectivity index is 2.08. The minimum atomic E-state index is 0.0323. The molecule has 1 aromatic carbocycles. The minimum absolute atomic E-state index is 0.0323. The quantitative estimate of drug-likeness (QED) is 0.451. The normalized spacial score (nSPS) is 18.0. The van der Waals surface area contributed by atoms with Gasteiger partial charge in [0, 0.05) is 11.6 Å². The molecule has 1 aliphatic heterocycles. The van der Waals surface area contributed by atoms with E-state index in [9.17, 15) is 4.79 Å². The van der Waals surface area contributed by atoms with Crippen LogP contribution in [0.2, 0.25) is 5.02 Å². The molecule has 0 saturated carbocycles. The van der Waals surface area contributed by atoms with Gasteiger partial charge in [-0.25, -0.2) is 0 Å². The molecule has 0 radical (unpaired) electrons. The number of amides is 1. The van der Waals surface area contributed by atoms with E-state index in [1.165, 1.54) is 24.6 Å². The maximum atomic E-state index is 12.6. The number of nitrogens with zero attached hydrogens (tertiary/aromatic N) is 1. The van der Waals surface area contributed by atoms with Gasteiger partial charge in [0.15, 0.2) is 0 Å². The summed E-state index contributed by atoms with van der Waals surface area (Å²) in [5.74, 6) is 0.553. The lowest BCUT2D eigenvalue weighted by molar-refractivity contribution is -0.122. The van der Waals surface area contributed by atoms with Crippen molar-refractivity contribution in [1.82, 2.24) is 4.90 Å². The summed E-state index contributed by atoms with van der Waals surface area (Å²) in [7, 11) is 0. The van der Waals surface area contributed by atoms with Gasteiger partial charge in [-0.3, -0.25) is 9.69 Å². The lowest BCUT2D eigenvalue weighted by Gasteiger charge is -2.21. The van der Waals surface area contributed by atoms with Crippen molar-refractivity contribution in [3.05, 3.63) is 39.8 Å². The number of halogens is 1. The van der Waals surface area contributed by atoms with Gasteiger partial charge in [0.25, 0.3) is 5.91 Å². The number of thioether (sulfide) groups is 1. The van der Waals surface area contributed by atoms with Gasteiger partial charge in [-0.05, 0) is 36.1 Å². The van der Waals surface area contributed by atoms with Gasteiger partial charge in [0.1, 0.15) is 4.32 Å². The highest BCUT2D eigenvalue weighted by Crippen LogP contribution is 2.34. The van der Waals surface area contributed by atoms with Crippen molar-refractivity contribution in [3.8, 4) is 0 Å². The second-order valence-corrected chi connectivity index (χ2v) is 7.87. The van der Waals surface area contributed by atoms with Crippen LogP contribution in [-0.4, -0.2) is 21.7 Å². The number of carbonyl (C=O) groups is 1. The van der Waals surface area contributed by atoms with Crippen LogP contribution in [0.3, 0.4) is 0 Å². The van der Waals surface area contributed by atoms with Crippen LogP contribution >= 0.6 is 35.6 Å². The zero-order chi connectivity index (χ0) is 16.8. The number of unbranched alkanes of at least 4 members (excludes halogenated alkanes) is 1. The molecule has 2 rings (SSSR count). The lowest BCUT2D eigenvalue weighted by Crippen LogP contribution is -2.33. The Morgan fingerprint density at radius 1 is 1.30 bits per heavy atom. The number of benzene rings is 1. The first kappa shape index (κ1) is 18.5. The van der Waals surface area contributed by atoms with Crippen molar-refractivity contribution < 1.29 is 4.79 Å². The molecule has 0 spiro atoms. The summed E-state index contributed by atoms with van der Waals surface area (Å²) in [4.78, 5) is 15.1. The molecular weight excluding hydrogens is 346 g/mol. The predicted molar refractivity (Wildman–Crippen MR) is 105 cm³/mol. The number of hydrogen-bond acceptors (Lipinski definition) is 3.